The van der Waals surface area contributed by atoms with Crippen LogP contribution in [-0.4, -0.2) is 24.9 Å². The summed E-state index contributed by atoms with van der Waals surface area (Å²) in [6.07, 6.45) is 6.89. The fourth-order valence-corrected chi connectivity index (χ4v) is 18.8. The van der Waals surface area contributed by atoms with E-state index < -0.39 is 63.7 Å². The molecular weight excluding hydrogens is 1650 g/mol. The molecule has 5 aromatic carbocycles. The predicted octanol–water partition coefficient (Wildman–Crippen LogP) is 28.2. The molecule has 0 saturated heterocycles. The van der Waals surface area contributed by atoms with Gasteiger partial charge in [-0.25, -0.2) is 47.8 Å². The second kappa shape index (κ2) is 36.5. The van der Waals surface area contributed by atoms with Gasteiger partial charge in [0.2, 0.25) is 57.0 Å². The molecule has 0 aliphatic heterocycles. The van der Waals surface area contributed by atoms with E-state index in [1.165, 1.54) is 40.3 Å². The predicted molar refractivity (Wildman–Crippen MR) is 546 cm³/mol. The lowest BCUT2D eigenvalue weighted by Crippen LogP contribution is -2.31. The summed E-state index contributed by atoms with van der Waals surface area (Å²) in [4.78, 5) is 23.0. The smallest absolute Gasteiger partial charge is 0.227 e. The Kier molecular flexibility index (Phi) is 18.9. The molecule has 20 aromatic rings. The van der Waals surface area contributed by atoms with Crippen LogP contribution in [0.25, 0.3) is 167 Å². The zero-order valence-electron chi connectivity index (χ0n) is 100. The average Bonchev–Trinajstić information content (AvgIpc) is 1.57. The van der Waals surface area contributed by atoms with E-state index in [1.54, 1.807) is 30.6 Å². The van der Waals surface area contributed by atoms with Crippen molar-refractivity contribution in [2.24, 2.45) is 40.7 Å². The minimum Gasteiger partial charge on any atom is -0.437 e. The molecule has 15 heteroatoms. The highest BCUT2D eigenvalue weighted by molar-refractivity contribution is 6.13. The minimum atomic E-state index is -2.68. The third-order valence-electron chi connectivity index (χ3n) is 26.7. The normalized spacial score (nSPS) is 18.2. The summed E-state index contributed by atoms with van der Waals surface area (Å²) in [7, 11) is 9.80. The summed E-state index contributed by atoms with van der Waals surface area (Å²) in [5.74, 6) is -3.45. The summed E-state index contributed by atoms with van der Waals surface area (Å²) in [5, 5.41) is 9.25. The first-order valence-corrected chi connectivity index (χ1v) is 46.0. The quantitative estimate of drug-likeness (QED) is 0.128. The van der Waals surface area contributed by atoms with Gasteiger partial charge < -0.3 is 22.1 Å². The monoisotopic (exact) mass is 1800 g/mol. The number of hydrogen-bond acceptors (Lipinski definition) is 10. The summed E-state index contributed by atoms with van der Waals surface area (Å²) >= 11 is 0. The number of aromatic nitrogens is 10. The first-order chi connectivity index (χ1) is 72.0. The standard InChI is InChI=1S/C26H29N2O.C25H27N2O.C25H29N2O.C22H23N2O.C21H21N2O/c1-16-10-11-20-21-12-13-22(19-8-6-5-7-9-19)27-26(21)29-25(20)24(16)23-14-17(2)18(3)15-28(23)4;1-15-9-10-19-20-11-12-21(18-7-5-6-8-18)26-25(20)28-24(19)23(15)22-13-16(2)17(3)14-27(22)4;1-15-8-10-19-20-11-9-18(13-25(4,5)6)26-24(20)28-23(19)22(15)21-12-16(2)17(3)14-27(21)7;1-6-16-8-10-18-17-9-7-13(2)20(21(17)25-22(18)23-16)19-11-14(3)15(4)12-24(19)5;1-12-6-8-16-17-9-7-15(4)22-21(17)24-20(16)19(12)18-10-13(2)14(3)11-23(18)5/h10-15,19H,5-9H2,1-4H3;9-14,18H,5-8H2,1-4H3;8-12,14H,13H2,1-7H3;7-12H,6H2,1-5H3;6-11H,1-5H3/q5*+1/i8D2,9D2,19D;7D2,18D;4D3,5D3;4D3;3D3. The Labute approximate surface area is 815 Å². The zero-order chi connectivity index (χ0) is 112. The molecule has 0 bridgehead atoms. The van der Waals surface area contributed by atoms with Crippen LogP contribution in [0.5, 0.6) is 0 Å². The van der Waals surface area contributed by atoms with E-state index in [4.69, 9.17) is 49.5 Å². The maximum absolute atomic E-state index is 9.00. The molecule has 2 fully saturated rings. The third-order valence-corrected chi connectivity index (χ3v) is 26.7. The number of pyridine rings is 10. The Morgan fingerprint density at radius 2 is 0.597 bits per heavy atom. The molecule has 134 heavy (non-hydrogen) atoms. The van der Waals surface area contributed by atoms with Gasteiger partial charge in [0.25, 0.3) is 0 Å². The van der Waals surface area contributed by atoms with Crippen LogP contribution < -0.4 is 22.8 Å². The van der Waals surface area contributed by atoms with Crippen molar-refractivity contribution in [2.45, 2.75) is 220 Å². The number of nitrogens with zero attached hydrogens (tertiary/aromatic N) is 10. The molecule has 0 radical (unpaired) electrons. The molecule has 0 amide bonds. The number of rotatable bonds is 9. The lowest BCUT2D eigenvalue weighted by atomic mass is 9.86. The van der Waals surface area contributed by atoms with E-state index in [-0.39, 0.29) is 25.0 Å². The van der Waals surface area contributed by atoms with Crippen molar-refractivity contribution in [1.29, 1.82) is 0 Å². The molecule has 15 heterocycles. The van der Waals surface area contributed by atoms with Crippen molar-refractivity contribution in [3.8, 4) is 56.3 Å². The Bertz CT molecular complexity index is 9020. The molecular formula is C119H129N10O5+5. The van der Waals surface area contributed by atoms with Gasteiger partial charge in [-0.05, 0) is 271 Å². The Morgan fingerprint density at radius 3 is 0.933 bits per heavy atom. The largest absolute Gasteiger partial charge is 0.437 e. The number of fused-ring (bicyclic) bond motifs is 15. The molecule has 0 N–H and O–H groups in total. The minimum absolute atomic E-state index is 0.0729. The maximum atomic E-state index is 9.00. The summed E-state index contributed by atoms with van der Waals surface area (Å²) in [6, 6.07) is 49.7. The zero-order valence-corrected chi connectivity index (χ0v) is 80.5. The first-order valence-electron chi connectivity index (χ1n) is 56.0. The Morgan fingerprint density at radius 1 is 0.313 bits per heavy atom. The fraction of sp³-hybridized carbons (Fsp3) is 0.328. The lowest BCUT2D eigenvalue weighted by molar-refractivity contribution is -0.660. The van der Waals surface area contributed by atoms with Gasteiger partial charge in [-0.1, -0.05) is 120 Å². The van der Waals surface area contributed by atoms with Gasteiger partial charge in [-0.3, -0.25) is 0 Å². The maximum Gasteiger partial charge on any atom is 0.227 e. The van der Waals surface area contributed by atoms with Crippen molar-refractivity contribution in [3.05, 3.63) is 295 Å². The van der Waals surface area contributed by atoms with Crippen LogP contribution in [0.1, 0.15) is 236 Å². The molecule has 1 atom stereocenters. The second-order valence-corrected chi connectivity index (χ2v) is 37.0. The van der Waals surface area contributed by atoms with E-state index in [0.717, 1.165) is 184 Å². The van der Waals surface area contributed by atoms with Crippen LogP contribution in [-0.2, 0) is 48.1 Å². The molecule has 680 valence electrons. The average molecular weight is 1800 g/mol. The van der Waals surface area contributed by atoms with Crippen molar-refractivity contribution >= 4 is 110 Å². The first kappa shape index (κ1) is 69.5. The van der Waals surface area contributed by atoms with Crippen LogP contribution in [0.4, 0.5) is 0 Å². The Hall–Kier alpha value is -13.4. The SMILES string of the molecule is [2H]C([2H])([2H])C(C)(Cc1ccc2c(n1)oc1c(-c3cc(C)c(C)c[n+]3C)c(C)ccc12)C([2H])([2H])[2H].[2H]C([2H])([2H])c1c[n+](C)c(-c2c(C)ccc3c2oc2nc(C)ccc23)cc1C.[2H]C([2H])([2H])c1c[n+](C)c(-c2c(C)ccc3c2oc2nc(CC)ccc23)cc1C.[2H]C1([2H])CCCC([2H])([2H])C1([2H])c1ccc2c(n1)oc1c(-c3cc(C)c(C)c[n+]3C)c(C)ccc12.[2H]C1([2H])CCCC1([2H])c1ccc2c(n1)oc1c(-c3cc(C)c(C)c[n+]3C)c(C)ccc12. The summed E-state index contributed by atoms with van der Waals surface area (Å²) in [5.41, 5.74) is 31.6. The highest BCUT2D eigenvalue weighted by Crippen LogP contribution is 2.45. The van der Waals surface area contributed by atoms with Crippen LogP contribution in [0.15, 0.2) is 205 Å². The molecule has 15 nitrogen and oxygen atoms in total. The van der Waals surface area contributed by atoms with Crippen LogP contribution in [0, 0.1) is 116 Å². The molecule has 2 aliphatic rings. The van der Waals surface area contributed by atoms with Crippen molar-refractivity contribution in [2.75, 3.05) is 0 Å². The summed E-state index contributed by atoms with van der Waals surface area (Å²) in [6.45, 7) is 22.1. The highest BCUT2D eigenvalue weighted by atomic mass is 16.4. The van der Waals surface area contributed by atoms with Gasteiger partial charge in [0.15, 0.2) is 58.9 Å². The third kappa shape index (κ3) is 17.4. The van der Waals surface area contributed by atoms with E-state index in [0.29, 0.717) is 87.9 Å². The van der Waals surface area contributed by atoms with E-state index in [1.807, 2.05) is 154 Å². The van der Waals surface area contributed by atoms with Gasteiger partial charge in [0.1, 0.15) is 35.2 Å². The van der Waals surface area contributed by atoms with Crippen LogP contribution >= 0.6 is 0 Å². The van der Waals surface area contributed by atoms with Crippen LogP contribution in [0.3, 0.4) is 0 Å². The highest BCUT2D eigenvalue weighted by Gasteiger charge is 2.31. The van der Waals surface area contributed by atoms with E-state index in [9.17, 15) is 0 Å². The fourth-order valence-electron chi connectivity index (χ4n) is 18.8. The Balaban J connectivity index is 0.000000125. The topological polar surface area (TPSA) is 150 Å². The molecule has 1 unspecified atom stereocenters. The van der Waals surface area contributed by atoms with Gasteiger partial charge in [-0.15, -0.1) is 0 Å². The summed E-state index contributed by atoms with van der Waals surface area (Å²) < 4.78 is 203. The number of furan rings is 5. The molecule has 22 rings (SSSR count). The lowest BCUT2D eigenvalue weighted by Gasteiger charge is -2.20. The molecule has 15 aromatic heterocycles. The number of benzene rings is 5. The van der Waals surface area contributed by atoms with Crippen molar-refractivity contribution < 1.29 is 72.3 Å². The second-order valence-electron chi connectivity index (χ2n) is 37.0. The van der Waals surface area contributed by atoms with Crippen molar-refractivity contribution in [1.82, 2.24) is 24.9 Å². The molecule has 2 saturated carbocycles. The van der Waals surface area contributed by atoms with Gasteiger partial charge >= 0.3 is 0 Å². The van der Waals surface area contributed by atoms with E-state index >= 15 is 0 Å². The number of hydrogen-bond donors (Lipinski definition) is 0. The van der Waals surface area contributed by atoms with Gasteiger partial charge in [-0.2, -0.15) is 0 Å². The molecule has 2 aliphatic carbocycles. The number of aryl methyl sites for hydroxylation is 22. The van der Waals surface area contributed by atoms with Crippen molar-refractivity contribution in [3.63, 3.8) is 0 Å². The van der Waals surface area contributed by atoms with E-state index in [2.05, 4.69) is 185 Å². The van der Waals surface area contributed by atoms with Gasteiger partial charge in [0.05, 0.1) is 27.8 Å². The van der Waals surface area contributed by atoms with Crippen LogP contribution in [0.2, 0.25) is 0 Å². The molecule has 0 spiro atoms. The van der Waals surface area contributed by atoms with Gasteiger partial charge in [0, 0.05) is 180 Å².